The summed E-state index contributed by atoms with van der Waals surface area (Å²) in [6.07, 6.45) is 6.89. The fourth-order valence-corrected chi connectivity index (χ4v) is 2.07. The van der Waals surface area contributed by atoms with E-state index in [0.29, 0.717) is 5.92 Å². The van der Waals surface area contributed by atoms with Crippen LogP contribution in [-0.4, -0.2) is 10.7 Å². The minimum absolute atomic E-state index is 0.639. The fourth-order valence-electron chi connectivity index (χ4n) is 2.07. The van der Waals surface area contributed by atoms with Crippen LogP contribution in [0.25, 0.3) is 0 Å². The van der Waals surface area contributed by atoms with Gasteiger partial charge in [0.05, 0.1) is 0 Å². The first-order chi connectivity index (χ1) is 7.27. The number of aliphatic imine (C=N–C) groups is 1. The van der Waals surface area contributed by atoms with Crippen molar-refractivity contribution in [3.05, 3.63) is 23.9 Å². The summed E-state index contributed by atoms with van der Waals surface area (Å²) >= 11 is 0. The van der Waals surface area contributed by atoms with Crippen LogP contribution in [0, 0.1) is 12.8 Å². The monoisotopic (exact) mass is 202 g/mol. The maximum Gasteiger partial charge on any atom is 0.154 e. The molecule has 0 saturated heterocycles. The van der Waals surface area contributed by atoms with Crippen LogP contribution >= 0.6 is 0 Å². The third kappa shape index (κ3) is 2.44. The van der Waals surface area contributed by atoms with Gasteiger partial charge in [-0.15, -0.1) is 0 Å². The molecule has 15 heavy (non-hydrogen) atoms. The van der Waals surface area contributed by atoms with Gasteiger partial charge in [-0.25, -0.2) is 9.98 Å². The Bertz CT molecular complexity index is 369. The minimum atomic E-state index is 0.639. The number of nitrogens with zero attached hydrogens (tertiary/aromatic N) is 2. The molecular formula is C13H18N2. The van der Waals surface area contributed by atoms with Crippen molar-refractivity contribution in [1.29, 1.82) is 0 Å². The van der Waals surface area contributed by atoms with Crippen molar-refractivity contribution < 1.29 is 0 Å². The molecule has 2 rings (SSSR count). The summed E-state index contributed by atoms with van der Waals surface area (Å²) in [6, 6.07) is 4.03. The molecule has 1 atom stereocenters. The predicted octanol–water partition coefficient (Wildman–Crippen LogP) is 3.67. The summed E-state index contributed by atoms with van der Waals surface area (Å²) in [5.74, 6) is 1.54. The van der Waals surface area contributed by atoms with Crippen molar-refractivity contribution >= 4 is 11.5 Å². The predicted molar refractivity (Wildman–Crippen MR) is 63.7 cm³/mol. The Balaban J connectivity index is 2.25. The molecule has 1 saturated carbocycles. The molecule has 0 aromatic carbocycles. The lowest BCUT2D eigenvalue weighted by Crippen LogP contribution is -2.15. The quantitative estimate of drug-likeness (QED) is 0.682. The maximum absolute atomic E-state index is 4.70. The Morgan fingerprint density at radius 1 is 1.40 bits per heavy atom. The minimum Gasteiger partial charge on any atom is -0.238 e. The SMILES string of the molecule is Cc1cccnc1/N=C1\CCCCC1C. The molecule has 80 valence electrons. The van der Waals surface area contributed by atoms with Gasteiger partial charge in [0.2, 0.25) is 0 Å². The molecule has 1 unspecified atom stereocenters. The van der Waals surface area contributed by atoms with E-state index in [1.54, 1.807) is 0 Å². The third-order valence-corrected chi connectivity index (χ3v) is 3.12. The molecule has 0 spiro atoms. The van der Waals surface area contributed by atoms with Crippen LogP contribution in [0.3, 0.4) is 0 Å². The molecule has 1 heterocycles. The number of rotatable bonds is 1. The van der Waals surface area contributed by atoms with Crippen molar-refractivity contribution in [1.82, 2.24) is 4.98 Å². The maximum atomic E-state index is 4.70. The number of pyridine rings is 1. The van der Waals surface area contributed by atoms with Crippen molar-refractivity contribution in [2.24, 2.45) is 10.9 Å². The van der Waals surface area contributed by atoms with Crippen LogP contribution in [0.1, 0.15) is 38.2 Å². The number of aromatic nitrogens is 1. The Morgan fingerprint density at radius 2 is 2.27 bits per heavy atom. The lowest BCUT2D eigenvalue weighted by atomic mass is 9.89. The van der Waals surface area contributed by atoms with Crippen LogP contribution in [0.4, 0.5) is 5.82 Å². The van der Waals surface area contributed by atoms with Gasteiger partial charge in [0.15, 0.2) is 5.82 Å². The molecule has 0 bridgehead atoms. The van der Waals surface area contributed by atoms with Gasteiger partial charge in [0, 0.05) is 11.9 Å². The standard InChI is InChI=1S/C13H18N2/c1-10-6-3-4-8-12(10)15-13-11(2)7-5-9-14-13/h5,7,9-10H,3-4,6,8H2,1-2H3/b15-12+. The number of hydrogen-bond donors (Lipinski definition) is 0. The summed E-state index contributed by atoms with van der Waals surface area (Å²) in [6.45, 7) is 4.34. The molecule has 1 aliphatic rings. The Kier molecular flexibility index (Phi) is 3.14. The molecule has 2 heteroatoms. The highest BCUT2D eigenvalue weighted by molar-refractivity contribution is 5.89. The molecule has 1 aliphatic carbocycles. The summed E-state index contributed by atoms with van der Waals surface area (Å²) in [4.78, 5) is 9.02. The molecule has 1 fully saturated rings. The normalized spacial score (nSPS) is 24.4. The second kappa shape index (κ2) is 4.56. The number of hydrogen-bond acceptors (Lipinski definition) is 2. The zero-order chi connectivity index (χ0) is 10.7. The first kappa shape index (κ1) is 10.3. The Hall–Kier alpha value is -1.18. The van der Waals surface area contributed by atoms with E-state index in [9.17, 15) is 0 Å². The van der Waals surface area contributed by atoms with Gasteiger partial charge in [-0.2, -0.15) is 0 Å². The topological polar surface area (TPSA) is 25.2 Å². The summed E-state index contributed by atoms with van der Waals surface area (Å²) < 4.78 is 0. The molecule has 1 aromatic heterocycles. The average molecular weight is 202 g/mol. The van der Waals surface area contributed by atoms with Gasteiger partial charge in [-0.1, -0.05) is 19.4 Å². The van der Waals surface area contributed by atoms with Gasteiger partial charge in [0.1, 0.15) is 0 Å². The molecule has 0 radical (unpaired) electrons. The highest BCUT2D eigenvalue weighted by Crippen LogP contribution is 2.24. The van der Waals surface area contributed by atoms with E-state index in [2.05, 4.69) is 24.9 Å². The highest BCUT2D eigenvalue weighted by atomic mass is 14.9. The van der Waals surface area contributed by atoms with Gasteiger partial charge < -0.3 is 0 Å². The zero-order valence-corrected chi connectivity index (χ0v) is 9.53. The van der Waals surface area contributed by atoms with Gasteiger partial charge in [-0.05, 0) is 43.7 Å². The van der Waals surface area contributed by atoms with Crippen LogP contribution in [0.2, 0.25) is 0 Å². The van der Waals surface area contributed by atoms with Crippen molar-refractivity contribution in [3.8, 4) is 0 Å². The molecule has 2 nitrogen and oxygen atoms in total. The van der Waals surface area contributed by atoms with E-state index >= 15 is 0 Å². The molecule has 1 aromatic rings. The van der Waals surface area contributed by atoms with Crippen molar-refractivity contribution in [2.75, 3.05) is 0 Å². The van der Waals surface area contributed by atoms with Crippen LogP contribution < -0.4 is 0 Å². The average Bonchev–Trinajstić information content (AvgIpc) is 2.24. The van der Waals surface area contributed by atoms with E-state index < -0.39 is 0 Å². The van der Waals surface area contributed by atoms with Gasteiger partial charge >= 0.3 is 0 Å². The van der Waals surface area contributed by atoms with Crippen LogP contribution in [0.5, 0.6) is 0 Å². The highest BCUT2D eigenvalue weighted by Gasteiger charge is 2.16. The first-order valence-electron chi connectivity index (χ1n) is 5.76. The van der Waals surface area contributed by atoms with E-state index in [4.69, 9.17) is 4.99 Å². The zero-order valence-electron chi connectivity index (χ0n) is 9.53. The Labute approximate surface area is 91.5 Å². The van der Waals surface area contributed by atoms with Gasteiger partial charge in [0.25, 0.3) is 0 Å². The van der Waals surface area contributed by atoms with E-state index in [0.717, 1.165) is 12.2 Å². The third-order valence-electron chi connectivity index (χ3n) is 3.12. The van der Waals surface area contributed by atoms with E-state index in [1.165, 1.54) is 30.5 Å². The smallest absolute Gasteiger partial charge is 0.154 e. The molecule has 0 amide bonds. The van der Waals surface area contributed by atoms with E-state index in [-0.39, 0.29) is 0 Å². The summed E-state index contributed by atoms with van der Waals surface area (Å²) in [7, 11) is 0. The van der Waals surface area contributed by atoms with E-state index in [1.807, 2.05) is 12.3 Å². The molecule has 0 aliphatic heterocycles. The number of aryl methyl sites for hydroxylation is 1. The second-order valence-corrected chi connectivity index (χ2v) is 4.39. The summed E-state index contributed by atoms with van der Waals surface area (Å²) in [5.41, 5.74) is 2.51. The van der Waals surface area contributed by atoms with Crippen LogP contribution in [0.15, 0.2) is 23.3 Å². The molecular weight excluding hydrogens is 184 g/mol. The van der Waals surface area contributed by atoms with Gasteiger partial charge in [-0.3, -0.25) is 0 Å². The van der Waals surface area contributed by atoms with Crippen LogP contribution in [-0.2, 0) is 0 Å². The van der Waals surface area contributed by atoms with Crippen molar-refractivity contribution in [2.45, 2.75) is 39.5 Å². The Morgan fingerprint density at radius 3 is 3.00 bits per heavy atom. The molecule has 0 N–H and O–H groups in total. The fraction of sp³-hybridized carbons (Fsp3) is 0.538. The lowest BCUT2D eigenvalue weighted by Gasteiger charge is -2.20. The first-order valence-corrected chi connectivity index (χ1v) is 5.76. The van der Waals surface area contributed by atoms with Crippen molar-refractivity contribution in [3.63, 3.8) is 0 Å². The summed E-state index contributed by atoms with van der Waals surface area (Å²) in [5, 5.41) is 0. The largest absolute Gasteiger partial charge is 0.238 e. The second-order valence-electron chi connectivity index (χ2n) is 4.39. The lowest BCUT2D eigenvalue weighted by molar-refractivity contribution is 0.559.